The molecule has 0 atom stereocenters. The lowest BCUT2D eigenvalue weighted by Crippen LogP contribution is -2.34. The predicted octanol–water partition coefficient (Wildman–Crippen LogP) is 2.99. The van der Waals surface area contributed by atoms with Crippen molar-refractivity contribution in [2.45, 2.75) is 19.4 Å². The molecule has 0 saturated carbocycles. The van der Waals surface area contributed by atoms with Crippen LogP contribution in [0.15, 0.2) is 48.5 Å². The molecule has 0 unspecified atom stereocenters. The van der Waals surface area contributed by atoms with Gasteiger partial charge in [-0.15, -0.1) is 0 Å². The number of nitrogens with one attached hydrogen (secondary N) is 2. The van der Waals surface area contributed by atoms with Crippen molar-refractivity contribution in [2.24, 2.45) is 5.92 Å². The van der Waals surface area contributed by atoms with Crippen LogP contribution in [-0.2, 0) is 16.1 Å². The van der Waals surface area contributed by atoms with Gasteiger partial charge in [0.1, 0.15) is 12.4 Å². The normalized spacial score (nSPS) is 14.4. The molecule has 1 saturated heterocycles. The van der Waals surface area contributed by atoms with Crippen molar-refractivity contribution >= 4 is 17.6 Å². The molecule has 0 bridgehead atoms. The second-order valence-corrected chi connectivity index (χ2v) is 6.49. The number of carbonyl (C=O) groups is 2. The second-order valence-electron chi connectivity index (χ2n) is 6.49. The van der Waals surface area contributed by atoms with Gasteiger partial charge in [-0.3, -0.25) is 4.79 Å². The third-order valence-electron chi connectivity index (χ3n) is 4.61. The Morgan fingerprint density at radius 3 is 2.56 bits per heavy atom. The molecular weight excluding hydrogens is 344 g/mol. The van der Waals surface area contributed by atoms with E-state index in [2.05, 4.69) is 10.6 Å². The molecule has 1 fully saturated rings. The van der Waals surface area contributed by atoms with Crippen LogP contribution in [0.25, 0.3) is 0 Å². The van der Waals surface area contributed by atoms with Gasteiger partial charge in [0.15, 0.2) is 0 Å². The molecular formula is C21H24N2O4. The molecule has 1 aliphatic heterocycles. The number of carbonyl (C=O) groups excluding carboxylic acids is 2. The minimum atomic E-state index is -0.457. The van der Waals surface area contributed by atoms with Gasteiger partial charge < -0.3 is 20.1 Å². The lowest BCUT2D eigenvalue weighted by Gasteiger charge is -2.22. The number of anilines is 1. The summed E-state index contributed by atoms with van der Waals surface area (Å²) in [6, 6.07) is 14.7. The summed E-state index contributed by atoms with van der Waals surface area (Å²) in [5, 5.41) is 6.19. The summed E-state index contributed by atoms with van der Waals surface area (Å²) < 4.78 is 10.7. The van der Waals surface area contributed by atoms with Crippen molar-refractivity contribution in [3.05, 3.63) is 59.7 Å². The molecule has 1 heterocycles. The van der Waals surface area contributed by atoms with E-state index in [0.29, 0.717) is 23.6 Å². The number of benzene rings is 2. The zero-order valence-electron chi connectivity index (χ0n) is 15.4. The number of methoxy groups -OCH3 is 1. The highest BCUT2D eigenvalue weighted by molar-refractivity contribution is 5.97. The Hall–Kier alpha value is -2.86. The largest absolute Gasteiger partial charge is 0.487 e. The number of esters is 1. The molecule has 1 amide bonds. The van der Waals surface area contributed by atoms with E-state index >= 15 is 0 Å². The van der Waals surface area contributed by atoms with Gasteiger partial charge in [0, 0.05) is 5.92 Å². The monoisotopic (exact) mass is 368 g/mol. The third-order valence-corrected chi connectivity index (χ3v) is 4.61. The number of hydrogen-bond donors (Lipinski definition) is 2. The molecule has 0 aliphatic carbocycles. The first-order valence-electron chi connectivity index (χ1n) is 9.08. The molecule has 6 heteroatoms. The van der Waals surface area contributed by atoms with Crippen molar-refractivity contribution in [3.63, 3.8) is 0 Å². The zero-order valence-corrected chi connectivity index (χ0v) is 15.4. The first-order chi connectivity index (χ1) is 13.2. The SMILES string of the molecule is COC(=O)c1ccc(OCc2ccccc2)c(NC(=O)C2CCNCC2)c1. The summed E-state index contributed by atoms with van der Waals surface area (Å²) in [6.07, 6.45) is 1.59. The summed E-state index contributed by atoms with van der Waals surface area (Å²) >= 11 is 0. The minimum absolute atomic E-state index is 0.0463. The standard InChI is InChI=1S/C21H24N2O4/c1-26-21(25)17-7-8-19(27-14-15-5-3-2-4-6-15)18(13-17)23-20(24)16-9-11-22-12-10-16/h2-8,13,16,22H,9-12,14H2,1H3,(H,23,24). The number of rotatable bonds is 6. The highest BCUT2D eigenvalue weighted by Crippen LogP contribution is 2.28. The number of ether oxygens (including phenoxy) is 2. The Labute approximate surface area is 158 Å². The number of piperidine rings is 1. The fraction of sp³-hybridized carbons (Fsp3) is 0.333. The summed E-state index contributed by atoms with van der Waals surface area (Å²) in [5.74, 6) is -0.0335. The van der Waals surface area contributed by atoms with Gasteiger partial charge in [0.05, 0.1) is 18.4 Å². The van der Waals surface area contributed by atoms with Gasteiger partial charge in [0.2, 0.25) is 5.91 Å². The third kappa shape index (κ3) is 5.08. The van der Waals surface area contributed by atoms with Crippen LogP contribution in [0.5, 0.6) is 5.75 Å². The van der Waals surface area contributed by atoms with Gasteiger partial charge in [-0.05, 0) is 49.7 Å². The van der Waals surface area contributed by atoms with Gasteiger partial charge in [0.25, 0.3) is 0 Å². The lowest BCUT2D eigenvalue weighted by molar-refractivity contribution is -0.120. The molecule has 2 aromatic rings. The van der Waals surface area contributed by atoms with Crippen LogP contribution in [0.1, 0.15) is 28.8 Å². The average molecular weight is 368 g/mol. The summed E-state index contributed by atoms with van der Waals surface area (Å²) in [6.45, 7) is 2.03. The number of hydrogen-bond acceptors (Lipinski definition) is 5. The Morgan fingerprint density at radius 2 is 1.85 bits per heavy atom. The zero-order chi connectivity index (χ0) is 19.1. The van der Waals surface area contributed by atoms with E-state index in [1.54, 1.807) is 18.2 Å². The lowest BCUT2D eigenvalue weighted by atomic mass is 9.97. The Morgan fingerprint density at radius 1 is 1.11 bits per heavy atom. The Balaban J connectivity index is 1.78. The van der Waals surface area contributed by atoms with Crippen molar-refractivity contribution in [1.29, 1.82) is 0 Å². The Bertz CT molecular complexity index is 786. The molecule has 0 aromatic heterocycles. The highest BCUT2D eigenvalue weighted by atomic mass is 16.5. The van der Waals surface area contributed by atoms with Crippen LogP contribution in [0.3, 0.4) is 0 Å². The molecule has 1 aliphatic rings. The van der Waals surface area contributed by atoms with Crippen molar-refractivity contribution in [1.82, 2.24) is 5.32 Å². The molecule has 6 nitrogen and oxygen atoms in total. The fourth-order valence-electron chi connectivity index (χ4n) is 3.05. The maximum Gasteiger partial charge on any atom is 0.337 e. The summed E-state index contributed by atoms with van der Waals surface area (Å²) in [4.78, 5) is 24.5. The molecule has 0 spiro atoms. The van der Waals surface area contributed by atoms with Gasteiger partial charge >= 0.3 is 5.97 Å². The molecule has 0 radical (unpaired) electrons. The maximum atomic E-state index is 12.6. The topological polar surface area (TPSA) is 76.7 Å². The van der Waals surface area contributed by atoms with Crippen molar-refractivity contribution < 1.29 is 19.1 Å². The highest BCUT2D eigenvalue weighted by Gasteiger charge is 2.22. The van der Waals surface area contributed by atoms with E-state index < -0.39 is 5.97 Å². The van der Waals surface area contributed by atoms with Crippen LogP contribution < -0.4 is 15.4 Å². The predicted molar refractivity (Wildman–Crippen MR) is 103 cm³/mol. The molecule has 142 valence electrons. The van der Waals surface area contributed by atoms with Crippen molar-refractivity contribution in [2.75, 3.05) is 25.5 Å². The van der Waals surface area contributed by atoms with E-state index in [-0.39, 0.29) is 11.8 Å². The first kappa shape index (κ1) is 18.9. The fourth-order valence-corrected chi connectivity index (χ4v) is 3.05. The van der Waals surface area contributed by atoms with E-state index in [4.69, 9.17) is 9.47 Å². The molecule has 27 heavy (non-hydrogen) atoms. The molecule has 2 N–H and O–H groups in total. The number of amides is 1. The maximum absolute atomic E-state index is 12.6. The first-order valence-corrected chi connectivity index (χ1v) is 9.08. The van der Waals surface area contributed by atoms with Gasteiger partial charge in [-0.2, -0.15) is 0 Å². The second kappa shape index (κ2) is 9.19. The average Bonchev–Trinajstić information content (AvgIpc) is 2.73. The molecule has 2 aromatic carbocycles. The van der Waals surface area contributed by atoms with E-state index in [1.165, 1.54) is 7.11 Å². The summed E-state index contributed by atoms with van der Waals surface area (Å²) in [5.41, 5.74) is 1.87. The summed E-state index contributed by atoms with van der Waals surface area (Å²) in [7, 11) is 1.33. The Kier molecular flexibility index (Phi) is 6.44. The molecule has 3 rings (SSSR count). The smallest absolute Gasteiger partial charge is 0.337 e. The van der Waals surface area contributed by atoms with Crippen LogP contribution in [0.2, 0.25) is 0 Å². The van der Waals surface area contributed by atoms with E-state index in [1.807, 2.05) is 30.3 Å². The van der Waals surface area contributed by atoms with Crippen LogP contribution >= 0.6 is 0 Å². The quantitative estimate of drug-likeness (QED) is 0.767. The van der Waals surface area contributed by atoms with Crippen LogP contribution in [0, 0.1) is 5.92 Å². The van der Waals surface area contributed by atoms with Crippen LogP contribution in [-0.4, -0.2) is 32.1 Å². The minimum Gasteiger partial charge on any atom is -0.487 e. The van der Waals surface area contributed by atoms with Crippen LogP contribution in [0.4, 0.5) is 5.69 Å². The van der Waals surface area contributed by atoms with E-state index in [0.717, 1.165) is 31.5 Å². The van der Waals surface area contributed by atoms with Gasteiger partial charge in [-0.25, -0.2) is 4.79 Å². The van der Waals surface area contributed by atoms with E-state index in [9.17, 15) is 9.59 Å². The van der Waals surface area contributed by atoms with Gasteiger partial charge in [-0.1, -0.05) is 30.3 Å². The van der Waals surface area contributed by atoms with Crippen molar-refractivity contribution in [3.8, 4) is 5.75 Å².